The molecule has 4 heteroatoms. The fourth-order valence-corrected chi connectivity index (χ4v) is 2.46. The highest BCUT2D eigenvalue weighted by atomic mass is 16.5. The van der Waals surface area contributed by atoms with Gasteiger partial charge in [-0.15, -0.1) is 0 Å². The first kappa shape index (κ1) is 15.7. The van der Waals surface area contributed by atoms with E-state index in [9.17, 15) is 4.79 Å². The molecule has 1 atom stereocenters. The van der Waals surface area contributed by atoms with Crippen molar-refractivity contribution in [2.45, 2.75) is 52.2 Å². The quantitative estimate of drug-likeness (QED) is 0.837. The lowest BCUT2D eigenvalue weighted by atomic mass is 10.0. The van der Waals surface area contributed by atoms with Gasteiger partial charge in [-0.25, -0.2) is 0 Å². The van der Waals surface area contributed by atoms with E-state index in [1.54, 1.807) is 4.90 Å². The fraction of sp³-hybridized carbons (Fsp3) is 0.588. The molecule has 1 amide bonds. The maximum absolute atomic E-state index is 12.1. The second kappa shape index (κ2) is 5.96. The summed E-state index contributed by atoms with van der Waals surface area (Å²) in [5.41, 5.74) is 0.930. The minimum atomic E-state index is -0.209. The third-order valence-electron chi connectivity index (χ3n) is 4.05. The SMILES string of the molecule is CCC(C)N(C)C(=O)COc1cccc2c1OC(C)(C)C2. The van der Waals surface area contributed by atoms with Gasteiger partial charge in [-0.3, -0.25) is 4.79 Å². The highest BCUT2D eigenvalue weighted by Crippen LogP contribution is 2.41. The van der Waals surface area contributed by atoms with Gasteiger partial charge in [0.25, 0.3) is 5.91 Å². The number of para-hydroxylation sites is 1. The van der Waals surface area contributed by atoms with E-state index < -0.39 is 0 Å². The van der Waals surface area contributed by atoms with E-state index in [1.807, 2.05) is 32.2 Å². The topological polar surface area (TPSA) is 38.8 Å². The van der Waals surface area contributed by atoms with Crippen LogP contribution in [-0.4, -0.2) is 36.1 Å². The number of likely N-dealkylation sites (N-methyl/N-ethyl adjacent to an activating group) is 1. The lowest BCUT2D eigenvalue weighted by molar-refractivity contribution is -0.133. The molecule has 0 fully saturated rings. The smallest absolute Gasteiger partial charge is 0.260 e. The average molecular weight is 291 g/mol. The Kier molecular flexibility index (Phi) is 4.45. The molecule has 1 aliphatic rings. The molecule has 0 spiro atoms. The van der Waals surface area contributed by atoms with Gasteiger partial charge in [0.1, 0.15) is 5.60 Å². The van der Waals surface area contributed by atoms with Gasteiger partial charge < -0.3 is 14.4 Å². The van der Waals surface area contributed by atoms with Gasteiger partial charge in [0, 0.05) is 25.1 Å². The van der Waals surface area contributed by atoms with Crippen LogP contribution in [0.1, 0.15) is 39.7 Å². The zero-order valence-corrected chi connectivity index (χ0v) is 13.6. The summed E-state index contributed by atoms with van der Waals surface area (Å²) < 4.78 is 11.6. The number of fused-ring (bicyclic) bond motifs is 1. The molecule has 0 bridgehead atoms. The van der Waals surface area contributed by atoms with Crippen molar-refractivity contribution < 1.29 is 14.3 Å². The van der Waals surface area contributed by atoms with Crippen LogP contribution >= 0.6 is 0 Å². The normalized spacial score (nSPS) is 16.8. The van der Waals surface area contributed by atoms with Crippen molar-refractivity contribution in [2.24, 2.45) is 0 Å². The molecular formula is C17H25NO3. The van der Waals surface area contributed by atoms with Crippen molar-refractivity contribution in [3.63, 3.8) is 0 Å². The number of carbonyl (C=O) groups is 1. The molecule has 21 heavy (non-hydrogen) atoms. The summed E-state index contributed by atoms with van der Waals surface area (Å²) in [5, 5.41) is 0. The van der Waals surface area contributed by atoms with Crippen molar-refractivity contribution in [1.29, 1.82) is 0 Å². The maximum Gasteiger partial charge on any atom is 0.260 e. The van der Waals surface area contributed by atoms with Gasteiger partial charge in [-0.2, -0.15) is 0 Å². The number of carbonyl (C=O) groups excluding carboxylic acids is 1. The first-order valence-corrected chi connectivity index (χ1v) is 7.53. The van der Waals surface area contributed by atoms with Crippen LogP contribution in [0.2, 0.25) is 0 Å². The van der Waals surface area contributed by atoms with Crippen LogP contribution < -0.4 is 9.47 Å². The molecule has 1 aromatic rings. The number of amides is 1. The molecule has 0 aliphatic carbocycles. The Balaban J connectivity index is 2.03. The lowest BCUT2D eigenvalue weighted by Crippen LogP contribution is -2.37. The molecule has 1 heterocycles. The Morgan fingerprint density at radius 2 is 2.19 bits per heavy atom. The molecule has 1 unspecified atom stereocenters. The largest absolute Gasteiger partial charge is 0.483 e. The first-order chi connectivity index (χ1) is 9.84. The predicted molar refractivity (Wildman–Crippen MR) is 82.9 cm³/mol. The monoisotopic (exact) mass is 291 g/mol. The number of hydrogen-bond acceptors (Lipinski definition) is 3. The van der Waals surface area contributed by atoms with E-state index in [0.29, 0.717) is 5.75 Å². The van der Waals surface area contributed by atoms with E-state index in [-0.39, 0.29) is 24.2 Å². The van der Waals surface area contributed by atoms with E-state index in [2.05, 4.69) is 20.8 Å². The first-order valence-electron chi connectivity index (χ1n) is 7.53. The minimum absolute atomic E-state index is 0.0146. The van der Waals surface area contributed by atoms with Crippen LogP contribution in [0.5, 0.6) is 11.5 Å². The zero-order chi connectivity index (χ0) is 15.6. The van der Waals surface area contributed by atoms with Crippen molar-refractivity contribution >= 4 is 5.91 Å². The standard InChI is InChI=1S/C17H25NO3/c1-6-12(2)18(5)15(19)11-20-14-9-7-8-13-10-17(3,4)21-16(13)14/h7-9,12H,6,10-11H2,1-5H3. The van der Waals surface area contributed by atoms with Crippen molar-refractivity contribution in [2.75, 3.05) is 13.7 Å². The Labute approximate surface area is 127 Å². The van der Waals surface area contributed by atoms with Gasteiger partial charge in [0.05, 0.1) is 0 Å². The summed E-state index contributed by atoms with van der Waals surface area (Å²) in [5.74, 6) is 1.42. The zero-order valence-electron chi connectivity index (χ0n) is 13.6. The van der Waals surface area contributed by atoms with Crippen molar-refractivity contribution in [3.8, 4) is 11.5 Å². The van der Waals surface area contributed by atoms with E-state index >= 15 is 0 Å². The Bertz CT molecular complexity index is 525. The molecule has 4 nitrogen and oxygen atoms in total. The average Bonchev–Trinajstić information content (AvgIpc) is 2.77. The number of hydrogen-bond donors (Lipinski definition) is 0. The third-order valence-corrected chi connectivity index (χ3v) is 4.05. The molecule has 0 radical (unpaired) electrons. The number of ether oxygens (including phenoxy) is 2. The molecule has 0 saturated carbocycles. The highest BCUT2D eigenvalue weighted by Gasteiger charge is 2.32. The molecular weight excluding hydrogens is 266 g/mol. The maximum atomic E-state index is 12.1. The van der Waals surface area contributed by atoms with Crippen molar-refractivity contribution in [1.82, 2.24) is 4.90 Å². The van der Waals surface area contributed by atoms with E-state index in [4.69, 9.17) is 9.47 Å². The third kappa shape index (κ3) is 3.49. The van der Waals surface area contributed by atoms with Gasteiger partial charge in [0.15, 0.2) is 18.1 Å². The molecule has 1 aliphatic heterocycles. The minimum Gasteiger partial charge on any atom is -0.483 e. The molecule has 116 valence electrons. The van der Waals surface area contributed by atoms with E-state index in [0.717, 1.165) is 24.2 Å². The summed E-state index contributed by atoms with van der Waals surface area (Å²) in [4.78, 5) is 13.8. The Morgan fingerprint density at radius 1 is 1.48 bits per heavy atom. The van der Waals surface area contributed by atoms with Crippen LogP contribution in [-0.2, 0) is 11.2 Å². The van der Waals surface area contributed by atoms with Gasteiger partial charge in [-0.1, -0.05) is 19.1 Å². The van der Waals surface area contributed by atoms with Crippen LogP contribution in [0, 0.1) is 0 Å². The second-order valence-electron chi connectivity index (χ2n) is 6.33. The number of benzene rings is 1. The summed E-state index contributed by atoms with van der Waals surface area (Å²) >= 11 is 0. The fourth-order valence-electron chi connectivity index (χ4n) is 2.46. The van der Waals surface area contributed by atoms with Gasteiger partial charge >= 0.3 is 0 Å². The van der Waals surface area contributed by atoms with Crippen LogP contribution in [0.3, 0.4) is 0 Å². The van der Waals surface area contributed by atoms with E-state index in [1.165, 1.54) is 0 Å². The predicted octanol–water partition coefficient (Wildman–Crippen LogP) is 3.04. The van der Waals surface area contributed by atoms with Crippen molar-refractivity contribution in [3.05, 3.63) is 23.8 Å². The Hall–Kier alpha value is -1.71. The molecule has 1 aromatic carbocycles. The molecule has 0 N–H and O–H groups in total. The number of rotatable bonds is 5. The lowest BCUT2D eigenvalue weighted by Gasteiger charge is -2.24. The molecule has 0 saturated heterocycles. The summed E-state index contributed by atoms with van der Waals surface area (Å²) in [7, 11) is 1.81. The summed E-state index contributed by atoms with van der Waals surface area (Å²) in [6.07, 6.45) is 1.79. The van der Waals surface area contributed by atoms with Gasteiger partial charge in [-0.05, 0) is 33.3 Å². The van der Waals surface area contributed by atoms with Crippen LogP contribution in [0.15, 0.2) is 18.2 Å². The van der Waals surface area contributed by atoms with Crippen LogP contribution in [0.25, 0.3) is 0 Å². The molecule has 2 rings (SSSR count). The highest BCUT2D eigenvalue weighted by molar-refractivity contribution is 5.77. The summed E-state index contributed by atoms with van der Waals surface area (Å²) in [6, 6.07) is 6.07. The van der Waals surface area contributed by atoms with Gasteiger partial charge in [0.2, 0.25) is 0 Å². The van der Waals surface area contributed by atoms with Crippen LogP contribution in [0.4, 0.5) is 0 Å². The second-order valence-corrected chi connectivity index (χ2v) is 6.33. The summed E-state index contributed by atoms with van der Waals surface area (Å²) in [6.45, 7) is 8.25. The Morgan fingerprint density at radius 3 is 2.86 bits per heavy atom. The molecule has 0 aromatic heterocycles. The number of nitrogens with zero attached hydrogens (tertiary/aromatic N) is 1.